The predicted octanol–water partition coefficient (Wildman–Crippen LogP) is 2.19. The largest absolute Gasteiger partial charge is 0.378 e. The third kappa shape index (κ3) is 1.45. The molecule has 0 radical (unpaired) electrons. The second-order valence-electron chi connectivity index (χ2n) is 3.63. The first kappa shape index (κ1) is 9.06. The van der Waals surface area contributed by atoms with E-state index in [2.05, 4.69) is 40.0 Å². The topological polar surface area (TPSA) is 31.9 Å². The number of hydrogen-bond acceptors (Lipinski definition) is 2. The average molecular weight is 189 g/mol. The fraction of sp³-hybridized carbons (Fsp3) is 0.364. The highest BCUT2D eigenvalue weighted by atomic mass is 15.1. The second-order valence-corrected chi connectivity index (χ2v) is 3.63. The van der Waals surface area contributed by atoms with Gasteiger partial charge in [-0.3, -0.25) is 0 Å². The highest BCUT2D eigenvalue weighted by Crippen LogP contribution is 2.18. The van der Waals surface area contributed by atoms with Gasteiger partial charge in [-0.15, -0.1) is 0 Å². The van der Waals surface area contributed by atoms with E-state index < -0.39 is 0 Å². The predicted molar refractivity (Wildman–Crippen MR) is 59.8 cm³/mol. The number of rotatable bonds is 2. The van der Waals surface area contributed by atoms with Crippen molar-refractivity contribution in [2.24, 2.45) is 0 Å². The number of hydrogen-bond donors (Lipinski definition) is 1. The Hall–Kier alpha value is -1.51. The quantitative estimate of drug-likeness (QED) is 0.785. The lowest BCUT2D eigenvalue weighted by atomic mass is 10.2. The molecule has 0 bridgehead atoms. The molecule has 0 aliphatic carbocycles. The van der Waals surface area contributed by atoms with Gasteiger partial charge in [0.05, 0.1) is 11.0 Å². The molecule has 0 aliphatic rings. The van der Waals surface area contributed by atoms with Crippen molar-refractivity contribution in [2.75, 3.05) is 19.0 Å². The van der Waals surface area contributed by atoms with Crippen LogP contribution < -0.4 is 4.90 Å². The van der Waals surface area contributed by atoms with Gasteiger partial charge in [-0.1, -0.05) is 6.92 Å². The van der Waals surface area contributed by atoms with Gasteiger partial charge in [0.2, 0.25) is 0 Å². The van der Waals surface area contributed by atoms with Crippen molar-refractivity contribution in [1.29, 1.82) is 0 Å². The first-order valence-corrected chi connectivity index (χ1v) is 4.86. The number of nitrogens with one attached hydrogen (secondary N) is 1. The van der Waals surface area contributed by atoms with Crippen LogP contribution in [0.1, 0.15) is 12.7 Å². The number of fused-ring (bicyclic) bond motifs is 1. The van der Waals surface area contributed by atoms with Gasteiger partial charge in [-0.05, 0) is 18.2 Å². The Balaban J connectivity index is 2.54. The third-order valence-corrected chi connectivity index (χ3v) is 2.37. The molecule has 3 heteroatoms. The fourth-order valence-electron chi connectivity index (χ4n) is 1.50. The third-order valence-electron chi connectivity index (χ3n) is 2.37. The van der Waals surface area contributed by atoms with E-state index in [0.717, 1.165) is 23.3 Å². The van der Waals surface area contributed by atoms with Crippen LogP contribution in [-0.2, 0) is 6.42 Å². The summed E-state index contributed by atoms with van der Waals surface area (Å²) in [5.74, 6) is 1.05. The van der Waals surface area contributed by atoms with E-state index in [4.69, 9.17) is 0 Å². The van der Waals surface area contributed by atoms with Crippen molar-refractivity contribution in [2.45, 2.75) is 13.3 Å². The number of aryl methyl sites for hydroxylation is 1. The van der Waals surface area contributed by atoms with Crippen molar-refractivity contribution in [3.05, 3.63) is 24.0 Å². The molecule has 0 saturated carbocycles. The fourth-order valence-corrected chi connectivity index (χ4v) is 1.50. The molecule has 2 aromatic rings. The van der Waals surface area contributed by atoms with E-state index in [1.165, 1.54) is 5.69 Å². The van der Waals surface area contributed by atoms with Crippen LogP contribution in [0.5, 0.6) is 0 Å². The maximum Gasteiger partial charge on any atom is 0.106 e. The van der Waals surface area contributed by atoms with Crippen LogP contribution in [0.15, 0.2) is 18.2 Å². The number of benzene rings is 1. The van der Waals surface area contributed by atoms with Crippen molar-refractivity contribution >= 4 is 16.7 Å². The molecule has 1 aromatic heterocycles. The van der Waals surface area contributed by atoms with E-state index in [1.54, 1.807) is 0 Å². The van der Waals surface area contributed by atoms with Gasteiger partial charge in [0.25, 0.3) is 0 Å². The van der Waals surface area contributed by atoms with Crippen LogP contribution in [0.4, 0.5) is 5.69 Å². The maximum absolute atomic E-state index is 4.46. The van der Waals surface area contributed by atoms with Crippen molar-refractivity contribution in [1.82, 2.24) is 9.97 Å². The number of imidazole rings is 1. The summed E-state index contributed by atoms with van der Waals surface area (Å²) >= 11 is 0. The Kier molecular flexibility index (Phi) is 2.15. The lowest BCUT2D eigenvalue weighted by Gasteiger charge is -2.11. The van der Waals surface area contributed by atoms with Crippen molar-refractivity contribution < 1.29 is 0 Å². The summed E-state index contributed by atoms with van der Waals surface area (Å²) in [6, 6.07) is 6.27. The molecule has 0 amide bonds. The van der Waals surface area contributed by atoms with Gasteiger partial charge in [0, 0.05) is 26.2 Å². The Morgan fingerprint density at radius 3 is 2.79 bits per heavy atom. The minimum Gasteiger partial charge on any atom is -0.378 e. The zero-order chi connectivity index (χ0) is 10.1. The molecule has 0 fully saturated rings. The maximum atomic E-state index is 4.46. The first-order valence-electron chi connectivity index (χ1n) is 4.86. The average Bonchev–Trinajstić information content (AvgIpc) is 2.58. The zero-order valence-corrected chi connectivity index (χ0v) is 8.83. The van der Waals surface area contributed by atoms with Gasteiger partial charge in [0.15, 0.2) is 0 Å². The summed E-state index contributed by atoms with van der Waals surface area (Å²) in [7, 11) is 4.08. The highest BCUT2D eigenvalue weighted by Gasteiger charge is 2.02. The molecule has 0 atom stereocenters. The summed E-state index contributed by atoms with van der Waals surface area (Å²) < 4.78 is 0. The standard InChI is InChI=1S/C11H15N3/c1-4-11-12-9-6-5-8(14(2)3)7-10(9)13-11/h5-7H,4H2,1-3H3,(H,12,13). The summed E-state index contributed by atoms with van der Waals surface area (Å²) in [5.41, 5.74) is 3.37. The van der Waals surface area contributed by atoms with E-state index in [-0.39, 0.29) is 0 Å². The van der Waals surface area contributed by atoms with Gasteiger partial charge < -0.3 is 9.88 Å². The molecule has 1 heterocycles. The number of anilines is 1. The van der Waals surface area contributed by atoms with Crippen molar-refractivity contribution in [3.63, 3.8) is 0 Å². The number of nitrogens with zero attached hydrogens (tertiary/aromatic N) is 2. The number of aromatic amines is 1. The Morgan fingerprint density at radius 1 is 1.36 bits per heavy atom. The smallest absolute Gasteiger partial charge is 0.106 e. The van der Waals surface area contributed by atoms with Crippen LogP contribution in [0.3, 0.4) is 0 Å². The minimum absolute atomic E-state index is 0.950. The normalized spacial score (nSPS) is 10.8. The van der Waals surface area contributed by atoms with Crippen LogP contribution in [0.2, 0.25) is 0 Å². The lowest BCUT2D eigenvalue weighted by Crippen LogP contribution is -2.07. The Bertz CT molecular complexity index is 443. The summed E-state index contributed by atoms with van der Waals surface area (Å²) in [6.07, 6.45) is 0.950. The zero-order valence-electron chi connectivity index (χ0n) is 8.83. The van der Waals surface area contributed by atoms with Gasteiger partial charge in [-0.25, -0.2) is 4.98 Å². The van der Waals surface area contributed by atoms with Gasteiger partial charge in [-0.2, -0.15) is 0 Å². The highest BCUT2D eigenvalue weighted by molar-refractivity contribution is 5.79. The molecule has 0 aliphatic heterocycles. The lowest BCUT2D eigenvalue weighted by molar-refractivity contribution is 1.00. The summed E-state index contributed by atoms with van der Waals surface area (Å²) in [5, 5.41) is 0. The molecule has 0 unspecified atom stereocenters. The first-order chi connectivity index (χ1) is 6.70. The van der Waals surface area contributed by atoms with Gasteiger partial charge >= 0.3 is 0 Å². The van der Waals surface area contributed by atoms with E-state index in [9.17, 15) is 0 Å². The molecule has 2 rings (SSSR count). The molecular formula is C11H15N3. The Labute approximate surface area is 83.8 Å². The minimum atomic E-state index is 0.950. The van der Waals surface area contributed by atoms with Crippen LogP contribution >= 0.6 is 0 Å². The molecule has 0 spiro atoms. The molecule has 1 N–H and O–H groups in total. The summed E-state index contributed by atoms with van der Waals surface area (Å²) in [4.78, 5) is 9.85. The molecule has 0 saturated heterocycles. The monoisotopic (exact) mass is 189 g/mol. The summed E-state index contributed by atoms with van der Waals surface area (Å²) in [6.45, 7) is 2.10. The number of H-pyrrole nitrogens is 1. The van der Waals surface area contributed by atoms with Crippen LogP contribution in [-0.4, -0.2) is 24.1 Å². The second kappa shape index (κ2) is 3.33. The SMILES string of the molecule is CCc1nc2ccc(N(C)C)cc2[nH]1. The molecular weight excluding hydrogens is 174 g/mol. The molecule has 14 heavy (non-hydrogen) atoms. The van der Waals surface area contributed by atoms with Crippen molar-refractivity contribution in [3.8, 4) is 0 Å². The number of aromatic nitrogens is 2. The van der Waals surface area contributed by atoms with E-state index >= 15 is 0 Å². The van der Waals surface area contributed by atoms with E-state index in [1.807, 2.05) is 14.1 Å². The molecule has 3 nitrogen and oxygen atoms in total. The molecule has 74 valence electrons. The Morgan fingerprint density at radius 2 is 2.14 bits per heavy atom. The molecule has 1 aromatic carbocycles. The van der Waals surface area contributed by atoms with Gasteiger partial charge in [0.1, 0.15) is 5.82 Å². The van der Waals surface area contributed by atoms with Crippen LogP contribution in [0, 0.1) is 0 Å². The van der Waals surface area contributed by atoms with Crippen LogP contribution in [0.25, 0.3) is 11.0 Å². The van der Waals surface area contributed by atoms with E-state index in [0.29, 0.717) is 0 Å².